The Kier molecular flexibility index (Phi) is 5.30. The summed E-state index contributed by atoms with van der Waals surface area (Å²) in [6.45, 7) is 4.01. The van der Waals surface area contributed by atoms with Crippen molar-refractivity contribution >= 4 is 11.3 Å². The largest absolute Gasteiger partial charge is 0.391 e. The molecule has 3 unspecified atom stereocenters. The molecule has 21 heavy (non-hydrogen) atoms. The minimum atomic E-state index is -4.05. The van der Waals surface area contributed by atoms with Gasteiger partial charge in [0, 0.05) is 17.3 Å². The first kappa shape index (κ1) is 16.7. The van der Waals surface area contributed by atoms with Crippen LogP contribution >= 0.6 is 11.3 Å². The minimum absolute atomic E-state index is 0.0832. The molecule has 0 aromatic carbocycles. The van der Waals surface area contributed by atoms with Gasteiger partial charge in [0.05, 0.1) is 16.6 Å². The molecule has 0 amide bonds. The zero-order valence-electron chi connectivity index (χ0n) is 12.8. The summed E-state index contributed by atoms with van der Waals surface area (Å²) in [7, 11) is 1.84. The fraction of sp³-hybridized carbons (Fsp3) is 0.800. The summed E-state index contributed by atoms with van der Waals surface area (Å²) < 4.78 is 38.8. The van der Waals surface area contributed by atoms with Gasteiger partial charge in [0.2, 0.25) is 0 Å². The Hall–Kier alpha value is -0.620. The lowest BCUT2D eigenvalue weighted by molar-refractivity contribution is -0.186. The average Bonchev–Trinajstić information content (AvgIpc) is 2.74. The van der Waals surface area contributed by atoms with Gasteiger partial charge in [0.25, 0.3) is 0 Å². The normalized spacial score (nSPS) is 25.0. The van der Waals surface area contributed by atoms with Crippen molar-refractivity contribution in [3.8, 4) is 0 Å². The summed E-state index contributed by atoms with van der Waals surface area (Å²) in [5.74, 6) is -1.05. The third kappa shape index (κ3) is 4.19. The van der Waals surface area contributed by atoms with Gasteiger partial charge in [-0.2, -0.15) is 13.2 Å². The van der Waals surface area contributed by atoms with Crippen molar-refractivity contribution in [1.29, 1.82) is 0 Å². The SMILES string of the molecule is CNC(Cc1nc(C)c(C)s1)C1CCCC(C(F)(F)F)C1. The Morgan fingerprint density at radius 1 is 1.33 bits per heavy atom. The smallest absolute Gasteiger partial charge is 0.316 e. The molecule has 0 bridgehead atoms. The van der Waals surface area contributed by atoms with Gasteiger partial charge in [-0.3, -0.25) is 0 Å². The van der Waals surface area contributed by atoms with Crippen molar-refractivity contribution in [2.75, 3.05) is 7.05 Å². The van der Waals surface area contributed by atoms with E-state index in [0.717, 1.165) is 23.5 Å². The molecule has 1 aliphatic carbocycles. The van der Waals surface area contributed by atoms with Crippen LogP contribution in [-0.2, 0) is 6.42 Å². The summed E-state index contributed by atoms with van der Waals surface area (Å²) in [5.41, 5.74) is 1.03. The molecule has 120 valence electrons. The summed E-state index contributed by atoms with van der Waals surface area (Å²) in [6.07, 6.45) is -1.25. The molecule has 3 atom stereocenters. The Morgan fingerprint density at radius 3 is 2.57 bits per heavy atom. The summed E-state index contributed by atoms with van der Waals surface area (Å²) in [6, 6.07) is 0.0834. The van der Waals surface area contributed by atoms with Crippen molar-refractivity contribution in [3.63, 3.8) is 0 Å². The highest BCUT2D eigenvalue weighted by Crippen LogP contribution is 2.41. The van der Waals surface area contributed by atoms with Gasteiger partial charge < -0.3 is 5.32 Å². The van der Waals surface area contributed by atoms with Crippen LogP contribution in [0.4, 0.5) is 13.2 Å². The highest BCUT2D eigenvalue weighted by atomic mass is 32.1. The zero-order valence-corrected chi connectivity index (χ0v) is 13.6. The van der Waals surface area contributed by atoms with Crippen molar-refractivity contribution in [2.24, 2.45) is 11.8 Å². The molecular weight excluding hydrogens is 297 g/mol. The van der Waals surface area contributed by atoms with Crippen molar-refractivity contribution in [3.05, 3.63) is 15.6 Å². The van der Waals surface area contributed by atoms with Crippen LogP contribution in [0.5, 0.6) is 0 Å². The van der Waals surface area contributed by atoms with Crippen molar-refractivity contribution in [2.45, 2.75) is 58.2 Å². The number of hydrogen-bond donors (Lipinski definition) is 1. The first-order valence-electron chi connectivity index (χ1n) is 7.48. The van der Waals surface area contributed by atoms with Crippen LogP contribution in [0.3, 0.4) is 0 Å². The maximum atomic E-state index is 12.9. The summed E-state index contributed by atoms with van der Waals surface area (Å²) >= 11 is 1.66. The number of rotatable bonds is 4. The second kappa shape index (κ2) is 6.65. The van der Waals surface area contributed by atoms with Gasteiger partial charge >= 0.3 is 6.18 Å². The molecule has 0 saturated heterocycles. The third-order valence-electron chi connectivity index (χ3n) is 4.58. The molecule has 0 aliphatic heterocycles. The zero-order chi connectivity index (χ0) is 15.6. The van der Waals surface area contributed by atoms with Crippen LogP contribution in [-0.4, -0.2) is 24.2 Å². The molecule has 1 fully saturated rings. The number of aromatic nitrogens is 1. The van der Waals surface area contributed by atoms with E-state index in [1.165, 1.54) is 4.88 Å². The lowest BCUT2D eigenvalue weighted by Gasteiger charge is -2.35. The van der Waals surface area contributed by atoms with E-state index >= 15 is 0 Å². The quantitative estimate of drug-likeness (QED) is 0.896. The number of thiazole rings is 1. The number of nitrogens with zero attached hydrogens (tertiary/aromatic N) is 1. The lowest BCUT2D eigenvalue weighted by atomic mass is 9.76. The Bertz CT molecular complexity index is 450. The predicted molar refractivity (Wildman–Crippen MR) is 79.6 cm³/mol. The van der Waals surface area contributed by atoms with Crippen LogP contribution in [0, 0.1) is 25.7 Å². The molecule has 1 saturated carbocycles. The first-order valence-corrected chi connectivity index (χ1v) is 8.29. The summed E-state index contributed by atoms with van der Waals surface area (Å²) in [4.78, 5) is 5.71. The maximum Gasteiger partial charge on any atom is 0.391 e. The van der Waals surface area contributed by atoms with Crippen LogP contribution in [0.15, 0.2) is 0 Å². The minimum Gasteiger partial charge on any atom is -0.316 e. The maximum absolute atomic E-state index is 12.9. The molecule has 0 radical (unpaired) electrons. The third-order valence-corrected chi connectivity index (χ3v) is 5.68. The first-order chi connectivity index (χ1) is 9.81. The number of aryl methyl sites for hydroxylation is 2. The van der Waals surface area contributed by atoms with Gasteiger partial charge in [-0.05, 0) is 46.1 Å². The van der Waals surface area contributed by atoms with Crippen LogP contribution in [0.2, 0.25) is 0 Å². The topological polar surface area (TPSA) is 24.9 Å². The second-order valence-corrected chi connectivity index (χ2v) is 7.30. The van der Waals surface area contributed by atoms with E-state index in [0.29, 0.717) is 6.42 Å². The fourth-order valence-electron chi connectivity index (χ4n) is 3.21. The van der Waals surface area contributed by atoms with Gasteiger partial charge in [-0.25, -0.2) is 4.98 Å². The molecule has 1 N–H and O–H groups in total. The molecule has 2 rings (SSSR count). The van der Waals surface area contributed by atoms with E-state index in [2.05, 4.69) is 10.3 Å². The Morgan fingerprint density at radius 2 is 2.05 bits per heavy atom. The second-order valence-electron chi connectivity index (χ2n) is 6.01. The van der Waals surface area contributed by atoms with Gasteiger partial charge in [0.15, 0.2) is 0 Å². The van der Waals surface area contributed by atoms with E-state index in [4.69, 9.17) is 0 Å². The number of likely N-dealkylation sites (N-methyl/N-ethyl adjacent to an activating group) is 1. The molecule has 1 aliphatic rings. The van der Waals surface area contributed by atoms with Crippen molar-refractivity contribution < 1.29 is 13.2 Å². The van der Waals surface area contributed by atoms with Crippen molar-refractivity contribution in [1.82, 2.24) is 10.3 Å². The average molecular weight is 320 g/mol. The van der Waals surface area contributed by atoms with E-state index in [9.17, 15) is 13.2 Å². The molecule has 2 nitrogen and oxygen atoms in total. The number of nitrogens with one attached hydrogen (secondary N) is 1. The van der Waals surface area contributed by atoms with Crippen LogP contribution in [0.25, 0.3) is 0 Å². The van der Waals surface area contributed by atoms with Gasteiger partial charge in [-0.1, -0.05) is 6.42 Å². The number of alkyl halides is 3. The Balaban J connectivity index is 2.03. The molecule has 0 spiro atoms. The number of hydrogen-bond acceptors (Lipinski definition) is 3. The standard InChI is InChI=1S/C15H23F3N2S/c1-9-10(2)21-14(20-9)8-13(19-3)11-5-4-6-12(7-11)15(16,17)18/h11-13,19H,4-8H2,1-3H3. The molecular formula is C15H23F3N2S. The lowest BCUT2D eigenvalue weighted by Crippen LogP contribution is -2.40. The molecule has 1 heterocycles. The van der Waals surface area contributed by atoms with Crippen LogP contribution < -0.4 is 5.32 Å². The monoisotopic (exact) mass is 320 g/mol. The highest BCUT2D eigenvalue weighted by Gasteiger charge is 2.43. The fourth-order valence-corrected chi connectivity index (χ4v) is 4.20. The predicted octanol–water partition coefficient (Wildman–Crippen LogP) is 4.26. The molecule has 6 heteroatoms. The van der Waals surface area contributed by atoms with Gasteiger partial charge in [-0.15, -0.1) is 11.3 Å². The number of halogens is 3. The molecule has 1 aromatic heterocycles. The van der Waals surface area contributed by atoms with E-state index in [-0.39, 0.29) is 24.8 Å². The van der Waals surface area contributed by atoms with Gasteiger partial charge in [0.1, 0.15) is 0 Å². The van der Waals surface area contributed by atoms with Crippen LogP contribution in [0.1, 0.15) is 41.3 Å². The van der Waals surface area contributed by atoms with E-state index in [1.54, 1.807) is 11.3 Å². The van der Waals surface area contributed by atoms with E-state index < -0.39 is 12.1 Å². The summed E-state index contributed by atoms with van der Waals surface area (Å²) in [5, 5.41) is 4.25. The van der Waals surface area contributed by atoms with E-state index in [1.807, 2.05) is 20.9 Å². The molecule has 1 aromatic rings. The highest BCUT2D eigenvalue weighted by molar-refractivity contribution is 7.11. The Labute approximate surface area is 128 Å².